The molecule has 0 saturated heterocycles. The summed E-state index contributed by atoms with van der Waals surface area (Å²) in [5.41, 5.74) is 2.57. The minimum absolute atomic E-state index is 0.0308. The number of ether oxygens (including phenoxy) is 2. The van der Waals surface area contributed by atoms with Gasteiger partial charge in [-0.15, -0.1) is 6.58 Å². The molecule has 0 bridgehead atoms. The van der Waals surface area contributed by atoms with Crippen molar-refractivity contribution >= 4 is 11.9 Å². The Morgan fingerprint density at radius 3 is 2.62 bits per heavy atom. The van der Waals surface area contributed by atoms with E-state index in [1.54, 1.807) is 6.08 Å². The largest absolute Gasteiger partial charge is 0.486 e. The molecule has 29 heavy (non-hydrogen) atoms. The van der Waals surface area contributed by atoms with Crippen molar-refractivity contribution < 1.29 is 19.1 Å². The molecule has 2 aliphatic heterocycles. The molecular formula is C22H29N3O4. The van der Waals surface area contributed by atoms with Crippen LogP contribution < -0.4 is 20.1 Å². The molecule has 0 radical (unpaired) electrons. The summed E-state index contributed by atoms with van der Waals surface area (Å²) < 4.78 is 11.7. The molecule has 7 nitrogen and oxygen atoms in total. The summed E-state index contributed by atoms with van der Waals surface area (Å²) in [5, 5.41) is 4.98. The third-order valence-corrected chi connectivity index (χ3v) is 6.36. The molecule has 156 valence electrons. The van der Waals surface area contributed by atoms with Crippen LogP contribution in [0.2, 0.25) is 0 Å². The maximum Gasteiger partial charge on any atom is 0.321 e. The summed E-state index contributed by atoms with van der Waals surface area (Å²) in [5.74, 6) is 1.32. The van der Waals surface area contributed by atoms with Crippen LogP contribution in [0, 0.1) is 0 Å². The Hall–Kier alpha value is -2.54. The summed E-state index contributed by atoms with van der Waals surface area (Å²) in [6.07, 6.45) is 6.15. The minimum Gasteiger partial charge on any atom is -0.486 e. The van der Waals surface area contributed by atoms with E-state index in [9.17, 15) is 9.59 Å². The molecule has 1 saturated carbocycles. The Morgan fingerprint density at radius 1 is 1.24 bits per heavy atom. The average Bonchev–Trinajstić information content (AvgIpc) is 3.18. The van der Waals surface area contributed by atoms with Gasteiger partial charge in [0.1, 0.15) is 13.2 Å². The number of carbonyl (C=O) groups excluding carboxylic acids is 2. The van der Waals surface area contributed by atoms with Crippen LogP contribution in [0.15, 0.2) is 24.8 Å². The number of nitrogens with zero attached hydrogens (tertiary/aromatic N) is 1. The molecule has 1 aromatic rings. The van der Waals surface area contributed by atoms with Gasteiger partial charge in [-0.05, 0) is 43.0 Å². The van der Waals surface area contributed by atoms with Crippen LogP contribution in [0.3, 0.4) is 0 Å². The fraction of sp³-hybridized carbons (Fsp3) is 0.545. The Kier molecular flexibility index (Phi) is 5.50. The normalized spacial score (nSPS) is 22.0. The summed E-state index contributed by atoms with van der Waals surface area (Å²) in [4.78, 5) is 26.5. The first-order valence-electron chi connectivity index (χ1n) is 10.4. The topological polar surface area (TPSA) is 79.9 Å². The van der Waals surface area contributed by atoms with Gasteiger partial charge in [0.2, 0.25) is 5.91 Å². The highest BCUT2D eigenvalue weighted by Gasteiger charge is 2.45. The number of hydrogen-bond acceptors (Lipinski definition) is 5. The van der Waals surface area contributed by atoms with Gasteiger partial charge in [0.05, 0.1) is 6.54 Å². The molecule has 1 aliphatic carbocycles. The van der Waals surface area contributed by atoms with Gasteiger partial charge < -0.3 is 14.8 Å². The molecule has 4 rings (SSSR count). The van der Waals surface area contributed by atoms with Crippen LogP contribution in [-0.2, 0) is 10.2 Å². The molecule has 1 spiro atoms. The fourth-order valence-corrected chi connectivity index (χ4v) is 4.95. The van der Waals surface area contributed by atoms with E-state index in [0.717, 1.165) is 30.9 Å². The lowest BCUT2D eigenvalue weighted by Crippen LogP contribution is -2.51. The van der Waals surface area contributed by atoms with Crippen molar-refractivity contribution in [2.75, 3.05) is 32.8 Å². The molecule has 1 unspecified atom stereocenters. The van der Waals surface area contributed by atoms with Crippen LogP contribution in [-0.4, -0.2) is 49.7 Å². The van der Waals surface area contributed by atoms with Crippen LogP contribution in [0.5, 0.6) is 11.5 Å². The van der Waals surface area contributed by atoms with E-state index < -0.39 is 6.03 Å². The second-order valence-electron chi connectivity index (χ2n) is 8.20. The maximum absolute atomic E-state index is 12.5. The molecule has 1 fully saturated rings. The van der Waals surface area contributed by atoms with Gasteiger partial charge >= 0.3 is 6.03 Å². The molecule has 0 aromatic heterocycles. The second kappa shape index (κ2) is 8.06. The second-order valence-corrected chi connectivity index (χ2v) is 8.20. The van der Waals surface area contributed by atoms with E-state index in [2.05, 4.69) is 41.2 Å². The number of fused-ring (bicyclic) bond motifs is 3. The minimum atomic E-state index is -0.491. The van der Waals surface area contributed by atoms with Crippen LogP contribution in [0.4, 0.5) is 4.79 Å². The highest BCUT2D eigenvalue weighted by Crippen LogP contribution is 2.51. The van der Waals surface area contributed by atoms with Gasteiger partial charge in [-0.25, -0.2) is 4.79 Å². The van der Waals surface area contributed by atoms with E-state index in [1.807, 2.05) is 0 Å². The maximum atomic E-state index is 12.5. The van der Waals surface area contributed by atoms with Crippen molar-refractivity contribution in [2.24, 2.45) is 0 Å². The molecule has 2 heterocycles. The molecule has 3 amide bonds. The highest BCUT2D eigenvalue weighted by atomic mass is 16.6. The Bertz CT molecular complexity index is 817. The van der Waals surface area contributed by atoms with Crippen LogP contribution >= 0.6 is 0 Å². The SMILES string of the molecule is C=CCNC(=O)NC(=O)CN1CC2(CCCC2)c2cc3c(cc2C1C)OCCO3. The van der Waals surface area contributed by atoms with Crippen LogP contribution in [0.1, 0.15) is 49.8 Å². The summed E-state index contributed by atoms with van der Waals surface area (Å²) in [7, 11) is 0. The summed E-state index contributed by atoms with van der Waals surface area (Å²) in [6, 6.07) is 3.82. The summed E-state index contributed by atoms with van der Waals surface area (Å²) >= 11 is 0. The van der Waals surface area contributed by atoms with Gasteiger partial charge in [-0.1, -0.05) is 18.9 Å². The average molecular weight is 399 g/mol. The predicted octanol–water partition coefficient (Wildman–Crippen LogP) is 2.66. The van der Waals surface area contributed by atoms with Crippen molar-refractivity contribution in [1.82, 2.24) is 15.5 Å². The standard InChI is InChI=1S/C22H29N3O4/c1-3-8-23-21(27)24-20(26)13-25-14-22(6-4-5-7-22)17-12-19-18(28-9-10-29-19)11-16(17)15(25)2/h3,11-12,15H,1,4-10,13-14H2,2H3,(H2,23,24,26,27). The number of hydrogen-bond donors (Lipinski definition) is 2. The zero-order chi connectivity index (χ0) is 20.4. The first-order chi connectivity index (χ1) is 14.0. The van der Waals surface area contributed by atoms with Crippen LogP contribution in [0.25, 0.3) is 0 Å². The zero-order valence-electron chi connectivity index (χ0n) is 17.0. The first kappa shape index (κ1) is 19.8. The number of amides is 3. The van der Waals surface area contributed by atoms with E-state index in [-0.39, 0.29) is 23.9 Å². The molecule has 3 aliphatic rings. The van der Waals surface area contributed by atoms with Gasteiger partial charge in [0.25, 0.3) is 0 Å². The Labute approximate surface area is 171 Å². The Balaban J connectivity index is 1.58. The quantitative estimate of drug-likeness (QED) is 0.761. The lowest BCUT2D eigenvalue weighted by molar-refractivity contribution is -0.122. The van der Waals surface area contributed by atoms with Crippen molar-refractivity contribution in [3.8, 4) is 11.5 Å². The lowest BCUT2D eigenvalue weighted by atomic mass is 9.71. The molecule has 1 aromatic carbocycles. The number of urea groups is 1. The third-order valence-electron chi connectivity index (χ3n) is 6.36. The smallest absolute Gasteiger partial charge is 0.321 e. The zero-order valence-corrected chi connectivity index (χ0v) is 17.0. The van der Waals surface area contributed by atoms with Crippen molar-refractivity contribution in [1.29, 1.82) is 0 Å². The number of rotatable bonds is 4. The number of imide groups is 1. The monoisotopic (exact) mass is 399 g/mol. The molecule has 2 N–H and O–H groups in total. The Morgan fingerprint density at radius 2 is 1.93 bits per heavy atom. The molecule has 1 atom stereocenters. The number of nitrogens with one attached hydrogen (secondary N) is 2. The van der Waals surface area contributed by atoms with E-state index in [0.29, 0.717) is 19.8 Å². The van der Waals surface area contributed by atoms with E-state index in [4.69, 9.17) is 9.47 Å². The third kappa shape index (κ3) is 3.83. The van der Waals surface area contributed by atoms with Gasteiger partial charge in [0, 0.05) is 24.5 Å². The van der Waals surface area contributed by atoms with E-state index >= 15 is 0 Å². The molecule has 7 heteroatoms. The van der Waals surface area contributed by atoms with Crippen molar-refractivity contribution in [2.45, 2.75) is 44.1 Å². The predicted molar refractivity (Wildman–Crippen MR) is 109 cm³/mol. The van der Waals surface area contributed by atoms with Crippen molar-refractivity contribution in [3.05, 3.63) is 35.9 Å². The number of benzene rings is 1. The highest BCUT2D eigenvalue weighted by molar-refractivity contribution is 5.95. The van der Waals surface area contributed by atoms with E-state index in [1.165, 1.54) is 24.0 Å². The van der Waals surface area contributed by atoms with Gasteiger partial charge in [-0.3, -0.25) is 15.0 Å². The van der Waals surface area contributed by atoms with Gasteiger partial charge in [-0.2, -0.15) is 0 Å². The fourth-order valence-electron chi connectivity index (χ4n) is 4.95. The summed E-state index contributed by atoms with van der Waals surface area (Å²) in [6.45, 7) is 8.11. The lowest BCUT2D eigenvalue weighted by Gasteiger charge is -2.46. The molecular weight excluding hydrogens is 370 g/mol. The van der Waals surface area contributed by atoms with Crippen molar-refractivity contribution in [3.63, 3.8) is 0 Å². The number of carbonyl (C=O) groups is 2. The van der Waals surface area contributed by atoms with Gasteiger partial charge in [0.15, 0.2) is 11.5 Å². The first-order valence-corrected chi connectivity index (χ1v) is 10.4.